The zero-order valence-electron chi connectivity index (χ0n) is 14.8. The second-order valence-electron chi connectivity index (χ2n) is 6.37. The minimum absolute atomic E-state index is 0.0693. The first kappa shape index (κ1) is 17.6. The highest BCUT2D eigenvalue weighted by molar-refractivity contribution is 6.07. The van der Waals surface area contributed by atoms with Gasteiger partial charge in [-0.15, -0.1) is 0 Å². The Hall–Kier alpha value is -3.22. The summed E-state index contributed by atoms with van der Waals surface area (Å²) in [6.07, 6.45) is 1.59. The summed E-state index contributed by atoms with van der Waals surface area (Å²) in [4.78, 5) is 28.5. The number of hydrogen-bond donors (Lipinski definition) is 2. The fourth-order valence-corrected chi connectivity index (χ4v) is 2.68. The molecule has 0 aliphatic heterocycles. The number of carbonyl (C=O) groups excluding carboxylic acids is 1. The molecule has 0 fully saturated rings. The summed E-state index contributed by atoms with van der Waals surface area (Å²) in [7, 11) is 0. The van der Waals surface area contributed by atoms with Crippen molar-refractivity contribution >= 4 is 22.9 Å². The fourth-order valence-electron chi connectivity index (χ4n) is 2.68. The van der Waals surface area contributed by atoms with Crippen molar-refractivity contribution in [1.29, 1.82) is 0 Å². The molecule has 3 aromatic rings. The number of rotatable bonds is 5. The first-order chi connectivity index (χ1) is 12.4. The third-order valence-corrected chi connectivity index (χ3v) is 4.09. The summed E-state index contributed by atoms with van der Waals surface area (Å²) in [5.41, 5.74) is 2.45. The Morgan fingerprint density at radius 2 is 1.85 bits per heavy atom. The van der Waals surface area contributed by atoms with Gasteiger partial charge in [-0.25, -0.2) is 9.67 Å². The van der Waals surface area contributed by atoms with E-state index in [9.17, 15) is 9.59 Å². The zero-order valence-corrected chi connectivity index (χ0v) is 14.8. The Morgan fingerprint density at radius 1 is 1.15 bits per heavy atom. The molecule has 0 aliphatic rings. The van der Waals surface area contributed by atoms with Gasteiger partial charge >= 0.3 is 5.97 Å². The van der Waals surface area contributed by atoms with Gasteiger partial charge in [0.15, 0.2) is 5.65 Å². The molecule has 0 bridgehead atoms. The Kier molecular flexibility index (Phi) is 4.71. The number of hydrogen-bond acceptors (Lipinski definition) is 4. The molecule has 134 valence electrons. The second kappa shape index (κ2) is 6.95. The molecule has 1 unspecified atom stereocenters. The lowest BCUT2D eigenvalue weighted by atomic mass is 10.1. The van der Waals surface area contributed by atoms with Crippen molar-refractivity contribution in [3.05, 3.63) is 48.2 Å². The van der Waals surface area contributed by atoms with Crippen molar-refractivity contribution in [1.82, 2.24) is 20.1 Å². The molecule has 1 amide bonds. The molecule has 0 aliphatic carbocycles. The fraction of sp³-hybridized carbons (Fsp3) is 0.263. The number of fused-ring (bicyclic) bond motifs is 1. The Morgan fingerprint density at radius 3 is 2.46 bits per heavy atom. The lowest BCUT2D eigenvalue weighted by Crippen LogP contribution is -2.38. The zero-order chi connectivity index (χ0) is 18.8. The normalized spacial score (nSPS) is 12.3. The van der Waals surface area contributed by atoms with Gasteiger partial charge in [-0.05, 0) is 26.8 Å². The van der Waals surface area contributed by atoms with Crippen LogP contribution in [0.25, 0.3) is 22.3 Å². The average molecular weight is 352 g/mol. The molecule has 2 heterocycles. The number of carbonyl (C=O) groups is 2. The quantitative estimate of drug-likeness (QED) is 0.736. The molecule has 0 saturated carbocycles. The smallest absolute Gasteiger partial charge is 0.325 e. The molecule has 0 saturated heterocycles. The van der Waals surface area contributed by atoms with Crippen molar-refractivity contribution in [3.63, 3.8) is 0 Å². The number of aliphatic carboxylic acids is 1. The van der Waals surface area contributed by atoms with Gasteiger partial charge in [0.2, 0.25) is 0 Å². The van der Waals surface area contributed by atoms with Crippen molar-refractivity contribution < 1.29 is 14.7 Å². The molecule has 7 nitrogen and oxygen atoms in total. The third kappa shape index (κ3) is 3.28. The van der Waals surface area contributed by atoms with Gasteiger partial charge in [0.1, 0.15) is 6.04 Å². The summed E-state index contributed by atoms with van der Waals surface area (Å²) in [5.74, 6) is -1.56. The van der Waals surface area contributed by atoms with Crippen LogP contribution in [0.15, 0.2) is 42.6 Å². The van der Waals surface area contributed by atoms with E-state index in [-0.39, 0.29) is 6.04 Å². The third-order valence-electron chi connectivity index (χ3n) is 4.09. The van der Waals surface area contributed by atoms with Crippen molar-refractivity contribution in [2.24, 2.45) is 0 Å². The first-order valence-corrected chi connectivity index (χ1v) is 8.36. The van der Waals surface area contributed by atoms with Crippen LogP contribution in [-0.4, -0.2) is 37.8 Å². The molecule has 0 radical (unpaired) electrons. The minimum Gasteiger partial charge on any atom is -0.480 e. The van der Waals surface area contributed by atoms with E-state index in [4.69, 9.17) is 5.11 Å². The second-order valence-corrected chi connectivity index (χ2v) is 6.37. The molecule has 3 rings (SSSR count). The van der Waals surface area contributed by atoms with E-state index >= 15 is 0 Å². The largest absolute Gasteiger partial charge is 0.480 e. The summed E-state index contributed by atoms with van der Waals surface area (Å²) < 4.78 is 1.75. The Balaban J connectivity index is 2.17. The number of amides is 1. The maximum Gasteiger partial charge on any atom is 0.325 e. The van der Waals surface area contributed by atoms with Crippen LogP contribution in [-0.2, 0) is 4.79 Å². The van der Waals surface area contributed by atoms with Crippen LogP contribution in [0.5, 0.6) is 0 Å². The van der Waals surface area contributed by atoms with Crippen LogP contribution in [0, 0.1) is 0 Å². The van der Waals surface area contributed by atoms with E-state index < -0.39 is 17.9 Å². The number of aromatic nitrogens is 3. The first-order valence-electron chi connectivity index (χ1n) is 8.36. The summed E-state index contributed by atoms with van der Waals surface area (Å²) in [5, 5.41) is 16.5. The van der Waals surface area contributed by atoms with Gasteiger partial charge < -0.3 is 10.4 Å². The molecule has 7 heteroatoms. The number of nitrogens with one attached hydrogen (secondary N) is 1. The maximum absolute atomic E-state index is 12.7. The van der Waals surface area contributed by atoms with E-state index in [1.807, 2.05) is 44.2 Å². The lowest BCUT2D eigenvalue weighted by molar-refractivity contribution is -0.138. The van der Waals surface area contributed by atoms with E-state index in [0.717, 1.165) is 5.56 Å². The van der Waals surface area contributed by atoms with Gasteiger partial charge in [-0.2, -0.15) is 5.10 Å². The lowest BCUT2D eigenvalue weighted by Gasteiger charge is -2.12. The van der Waals surface area contributed by atoms with E-state index in [2.05, 4.69) is 15.4 Å². The van der Waals surface area contributed by atoms with Crippen LogP contribution in [0.1, 0.15) is 37.2 Å². The van der Waals surface area contributed by atoms with Gasteiger partial charge in [0, 0.05) is 11.6 Å². The maximum atomic E-state index is 12.7. The van der Waals surface area contributed by atoms with E-state index in [1.54, 1.807) is 16.9 Å². The van der Waals surface area contributed by atoms with E-state index in [0.29, 0.717) is 22.3 Å². The van der Waals surface area contributed by atoms with Crippen LogP contribution < -0.4 is 5.32 Å². The van der Waals surface area contributed by atoms with Crippen molar-refractivity contribution in [2.45, 2.75) is 32.9 Å². The predicted molar refractivity (Wildman–Crippen MR) is 97.9 cm³/mol. The van der Waals surface area contributed by atoms with Crippen LogP contribution in [0.3, 0.4) is 0 Å². The molecule has 0 spiro atoms. The predicted octanol–water partition coefficient (Wildman–Crippen LogP) is 2.88. The van der Waals surface area contributed by atoms with Crippen molar-refractivity contribution in [2.75, 3.05) is 0 Å². The molecule has 1 aromatic carbocycles. The summed E-state index contributed by atoms with van der Waals surface area (Å²) >= 11 is 0. The van der Waals surface area contributed by atoms with Crippen molar-refractivity contribution in [3.8, 4) is 11.3 Å². The highest BCUT2D eigenvalue weighted by Crippen LogP contribution is 2.26. The standard InChI is InChI=1S/C19H20N4O3/c1-11(2)23-17-15(10-20-23)14(18(24)21-12(3)19(25)26)9-16(22-17)13-7-5-4-6-8-13/h4-12H,1-3H3,(H,21,24)(H,25,26). The number of carboxylic acid groups (broad SMARTS) is 1. The van der Waals surface area contributed by atoms with Crippen LogP contribution >= 0.6 is 0 Å². The van der Waals surface area contributed by atoms with Gasteiger partial charge in [0.05, 0.1) is 22.8 Å². The van der Waals surface area contributed by atoms with Crippen LogP contribution in [0.2, 0.25) is 0 Å². The number of nitrogens with zero attached hydrogens (tertiary/aromatic N) is 3. The molecule has 2 aromatic heterocycles. The molecule has 1 atom stereocenters. The average Bonchev–Trinajstić information content (AvgIpc) is 3.05. The summed E-state index contributed by atoms with van der Waals surface area (Å²) in [6.45, 7) is 5.39. The number of carboxylic acids is 1. The topological polar surface area (TPSA) is 97.1 Å². The Bertz CT molecular complexity index is 964. The number of benzene rings is 1. The SMILES string of the molecule is CC(NC(=O)c1cc(-c2ccccc2)nc2c1cnn2C(C)C)C(=O)O. The molecular weight excluding hydrogens is 332 g/mol. The van der Waals surface area contributed by atoms with Gasteiger partial charge in [-0.1, -0.05) is 30.3 Å². The van der Waals surface area contributed by atoms with Gasteiger partial charge in [-0.3, -0.25) is 9.59 Å². The number of pyridine rings is 1. The molecular formula is C19H20N4O3. The van der Waals surface area contributed by atoms with Crippen LogP contribution in [0.4, 0.5) is 0 Å². The summed E-state index contributed by atoms with van der Waals surface area (Å²) in [6, 6.07) is 10.3. The van der Waals surface area contributed by atoms with E-state index in [1.165, 1.54) is 6.92 Å². The monoisotopic (exact) mass is 352 g/mol. The van der Waals surface area contributed by atoms with Gasteiger partial charge in [0.25, 0.3) is 5.91 Å². The molecule has 26 heavy (non-hydrogen) atoms. The Labute approximate surface area is 150 Å². The minimum atomic E-state index is -1.09. The highest BCUT2D eigenvalue weighted by atomic mass is 16.4. The highest BCUT2D eigenvalue weighted by Gasteiger charge is 2.21. The molecule has 2 N–H and O–H groups in total.